The van der Waals surface area contributed by atoms with Crippen LogP contribution in [-0.2, 0) is 17.3 Å². The van der Waals surface area contributed by atoms with E-state index in [0.717, 1.165) is 5.69 Å². The second-order valence-corrected chi connectivity index (χ2v) is 8.97. The number of nitrogens with zero attached hydrogens (tertiary/aromatic N) is 9. The summed E-state index contributed by atoms with van der Waals surface area (Å²) in [6, 6.07) is 4.74. The Hall–Kier alpha value is -4.19. The zero-order valence-corrected chi connectivity index (χ0v) is 19.3. The average Bonchev–Trinajstić information content (AvgIpc) is 3.60. The minimum absolute atomic E-state index is 0.270. The number of fused-ring (bicyclic) bond motifs is 3. The van der Waals surface area contributed by atoms with Gasteiger partial charge in [-0.15, -0.1) is 9.90 Å². The van der Waals surface area contributed by atoms with E-state index < -0.39 is 17.3 Å². The van der Waals surface area contributed by atoms with Gasteiger partial charge in [0.1, 0.15) is 0 Å². The molecular weight excluding hydrogens is 475 g/mol. The minimum atomic E-state index is -0.673. The van der Waals surface area contributed by atoms with Crippen LogP contribution >= 0.6 is 11.6 Å². The number of aromatic nitrogens is 9. The van der Waals surface area contributed by atoms with E-state index in [1.807, 2.05) is 20.0 Å². The first-order valence-corrected chi connectivity index (χ1v) is 11.1. The number of pyridine rings is 1. The predicted molar refractivity (Wildman–Crippen MR) is 123 cm³/mol. The molecule has 13 heteroatoms. The molecule has 6 rings (SSSR count). The fourth-order valence-corrected chi connectivity index (χ4v) is 5.16. The Morgan fingerprint density at radius 2 is 1.97 bits per heavy atom. The summed E-state index contributed by atoms with van der Waals surface area (Å²) in [6.07, 6.45) is 8.24. The molecule has 0 spiro atoms. The number of hydrogen-bond donors (Lipinski definition) is 1. The number of carbonyl (C=O) groups is 1. The third kappa shape index (κ3) is 3.28. The first-order valence-electron chi connectivity index (χ1n) is 10.7. The van der Waals surface area contributed by atoms with Gasteiger partial charge < -0.3 is 5.32 Å². The Morgan fingerprint density at radius 3 is 2.69 bits per heavy atom. The molecule has 1 N–H and O–H groups in total. The summed E-state index contributed by atoms with van der Waals surface area (Å²) in [4.78, 5) is 23.4. The molecule has 0 bridgehead atoms. The number of anilines is 1. The lowest BCUT2D eigenvalue weighted by atomic mass is 9.82. The van der Waals surface area contributed by atoms with Crippen molar-refractivity contribution in [3.05, 3.63) is 77.1 Å². The van der Waals surface area contributed by atoms with E-state index in [1.54, 1.807) is 23.1 Å². The number of halogens is 2. The number of nitrogens with one attached hydrogen (secondary N) is 1. The Kier molecular flexibility index (Phi) is 4.68. The minimum Gasteiger partial charge on any atom is -0.324 e. The molecule has 1 aliphatic rings. The number of amides is 1. The molecule has 5 aromatic rings. The van der Waals surface area contributed by atoms with Crippen LogP contribution in [0, 0.1) is 5.95 Å². The van der Waals surface area contributed by atoms with Crippen LogP contribution in [-0.4, -0.2) is 50.3 Å². The van der Waals surface area contributed by atoms with Crippen LogP contribution in [0.2, 0.25) is 5.02 Å². The molecule has 2 atom stereocenters. The topological polar surface area (TPSA) is 121 Å². The number of rotatable bonds is 4. The van der Waals surface area contributed by atoms with Gasteiger partial charge in [-0.1, -0.05) is 11.6 Å². The molecule has 0 saturated heterocycles. The lowest BCUT2D eigenvalue weighted by Crippen LogP contribution is -2.28. The van der Waals surface area contributed by atoms with Crippen molar-refractivity contribution in [3.63, 3.8) is 0 Å². The SMILES string of the molecule is Cn1nccc1[C@@]1(C)C[C@@H](C(=O)Nc2cnc(-n3nccn3)c(Cl)c2)c2cnc3cc(F)nn3c21. The van der Waals surface area contributed by atoms with Gasteiger partial charge in [0.2, 0.25) is 11.9 Å². The monoisotopic (exact) mass is 492 g/mol. The zero-order chi connectivity index (χ0) is 24.3. The fraction of sp³-hybridized carbons (Fsp3) is 0.227. The molecule has 0 saturated carbocycles. The lowest BCUT2D eigenvalue weighted by Gasteiger charge is -2.26. The van der Waals surface area contributed by atoms with Gasteiger partial charge in [-0.2, -0.15) is 19.7 Å². The molecule has 5 heterocycles. The van der Waals surface area contributed by atoms with E-state index in [-0.39, 0.29) is 10.9 Å². The van der Waals surface area contributed by atoms with Gasteiger partial charge in [0, 0.05) is 36.8 Å². The smallest absolute Gasteiger partial charge is 0.235 e. The highest BCUT2D eigenvalue weighted by Gasteiger charge is 2.48. The number of hydrogen-bond acceptors (Lipinski definition) is 7. The van der Waals surface area contributed by atoms with E-state index in [2.05, 4.69) is 35.7 Å². The highest BCUT2D eigenvalue weighted by atomic mass is 35.5. The van der Waals surface area contributed by atoms with Crippen molar-refractivity contribution >= 4 is 28.8 Å². The number of aryl methyl sites for hydroxylation is 1. The molecule has 5 aromatic heterocycles. The van der Waals surface area contributed by atoms with Gasteiger partial charge in [-0.3, -0.25) is 9.48 Å². The summed E-state index contributed by atoms with van der Waals surface area (Å²) < 4.78 is 17.3. The second-order valence-electron chi connectivity index (χ2n) is 8.57. The molecule has 0 aromatic carbocycles. The van der Waals surface area contributed by atoms with Gasteiger partial charge in [0.15, 0.2) is 11.5 Å². The predicted octanol–water partition coefficient (Wildman–Crippen LogP) is 2.66. The van der Waals surface area contributed by atoms with Crippen LogP contribution < -0.4 is 5.32 Å². The van der Waals surface area contributed by atoms with Gasteiger partial charge in [0.25, 0.3) is 0 Å². The quantitative estimate of drug-likeness (QED) is 0.409. The second kappa shape index (κ2) is 7.67. The van der Waals surface area contributed by atoms with Gasteiger partial charge in [-0.25, -0.2) is 14.5 Å². The van der Waals surface area contributed by atoms with Crippen molar-refractivity contribution in [2.75, 3.05) is 5.32 Å². The van der Waals surface area contributed by atoms with E-state index in [4.69, 9.17) is 11.6 Å². The van der Waals surface area contributed by atoms with Crippen LogP contribution in [0.25, 0.3) is 11.5 Å². The Morgan fingerprint density at radius 1 is 1.17 bits per heavy atom. The molecule has 11 nitrogen and oxygen atoms in total. The standard InChI is InChI=1S/C22H18ClFN10O/c1-22(16-3-4-27-32(16)2)9-13(14-11-25-18-8-17(24)31-33(18)19(14)22)21(35)30-12-7-15(23)20(26-10-12)34-28-5-6-29-34/h3-8,10-11,13H,9H2,1-2H3,(H,30,35)/t13-,22-/m1/s1. The van der Waals surface area contributed by atoms with Crippen molar-refractivity contribution in [2.45, 2.75) is 24.7 Å². The Balaban J connectivity index is 1.39. The van der Waals surface area contributed by atoms with E-state index in [9.17, 15) is 9.18 Å². The Bertz CT molecular complexity index is 1590. The normalized spacial score (nSPS) is 19.3. The molecule has 1 aliphatic carbocycles. The lowest BCUT2D eigenvalue weighted by molar-refractivity contribution is -0.117. The maximum Gasteiger partial charge on any atom is 0.235 e. The van der Waals surface area contributed by atoms with Gasteiger partial charge in [-0.05, 0) is 25.5 Å². The molecule has 0 unspecified atom stereocenters. The first-order chi connectivity index (χ1) is 16.8. The Labute approximate surface area is 202 Å². The summed E-state index contributed by atoms with van der Waals surface area (Å²) in [5.74, 6) is -1.15. The summed E-state index contributed by atoms with van der Waals surface area (Å²) in [6.45, 7) is 2.00. The van der Waals surface area contributed by atoms with Crippen LogP contribution in [0.4, 0.5) is 10.1 Å². The molecule has 176 valence electrons. The zero-order valence-electron chi connectivity index (χ0n) is 18.6. The molecular formula is C22H18ClFN10O. The molecule has 0 aliphatic heterocycles. The van der Waals surface area contributed by atoms with Crippen molar-refractivity contribution in [1.82, 2.24) is 44.4 Å². The van der Waals surface area contributed by atoms with Gasteiger partial charge >= 0.3 is 0 Å². The van der Waals surface area contributed by atoms with Crippen LogP contribution in [0.3, 0.4) is 0 Å². The summed E-state index contributed by atoms with van der Waals surface area (Å²) >= 11 is 6.36. The van der Waals surface area contributed by atoms with Crippen LogP contribution in [0.1, 0.15) is 36.2 Å². The first kappa shape index (κ1) is 21.4. The molecule has 1 amide bonds. The van der Waals surface area contributed by atoms with Crippen molar-refractivity contribution in [2.24, 2.45) is 7.05 Å². The molecule has 0 radical (unpaired) electrons. The van der Waals surface area contributed by atoms with Gasteiger partial charge in [0.05, 0.1) is 46.3 Å². The maximum atomic E-state index is 14.1. The van der Waals surface area contributed by atoms with Crippen molar-refractivity contribution in [3.8, 4) is 5.82 Å². The fourth-order valence-electron chi connectivity index (χ4n) is 4.92. The number of carbonyl (C=O) groups excluding carboxylic acids is 1. The molecule has 35 heavy (non-hydrogen) atoms. The van der Waals surface area contributed by atoms with Crippen LogP contribution in [0.5, 0.6) is 0 Å². The molecule has 0 fully saturated rings. The maximum absolute atomic E-state index is 14.1. The van der Waals surface area contributed by atoms with Crippen molar-refractivity contribution in [1.29, 1.82) is 0 Å². The summed E-state index contributed by atoms with van der Waals surface area (Å²) in [5, 5.41) is 19.6. The third-order valence-electron chi connectivity index (χ3n) is 6.39. The third-order valence-corrected chi connectivity index (χ3v) is 6.67. The average molecular weight is 493 g/mol. The van der Waals surface area contributed by atoms with E-state index in [0.29, 0.717) is 34.8 Å². The van der Waals surface area contributed by atoms with Crippen molar-refractivity contribution < 1.29 is 9.18 Å². The van der Waals surface area contributed by atoms with Crippen LogP contribution in [0.15, 0.2) is 49.2 Å². The highest BCUT2D eigenvalue weighted by Crippen LogP contribution is 2.49. The largest absolute Gasteiger partial charge is 0.324 e. The van der Waals surface area contributed by atoms with E-state index in [1.165, 1.54) is 34.0 Å². The van der Waals surface area contributed by atoms with E-state index >= 15 is 0 Å². The highest BCUT2D eigenvalue weighted by molar-refractivity contribution is 6.32. The summed E-state index contributed by atoms with van der Waals surface area (Å²) in [7, 11) is 1.83. The summed E-state index contributed by atoms with van der Waals surface area (Å²) in [5.41, 5.74) is 2.36.